The molecule has 2 nitrogen and oxygen atoms in total. The van der Waals surface area contributed by atoms with E-state index in [0.717, 1.165) is 12.8 Å². The van der Waals surface area contributed by atoms with E-state index in [1.54, 1.807) is 6.07 Å². The third-order valence-corrected chi connectivity index (χ3v) is 3.76. The van der Waals surface area contributed by atoms with E-state index < -0.39 is 6.10 Å². The SMILES string of the molecule is CCCCC(CC)CC(O)c1ncc(Cl)cc1Cl. The Morgan fingerprint density at radius 3 is 2.61 bits per heavy atom. The highest BCUT2D eigenvalue weighted by Gasteiger charge is 2.18. The molecule has 0 bridgehead atoms. The minimum absolute atomic E-state index is 0.445. The lowest BCUT2D eigenvalue weighted by atomic mass is 9.92. The lowest BCUT2D eigenvalue weighted by molar-refractivity contribution is 0.135. The smallest absolute Gasteiger partial charge is 0.0977 e. The van der Waals surface area contributed by atoms with Gasteiger partial charge in [-0.2, -0.15) is 0 Å². The third-order valence-electron chi connectivity index (χ3n) is 3.25. The lowest BCUT2D eigenvalue weighted by Gasteiger charge is -2.19. The third kappa shape index (κ3) is 4.75. The van der Waals surface area contributed by atoms with E-state index in [9.17, 15) is 5.11 Å². The zero-order valence-electron chi connectivity index (χ0n) is 11.0. The van der Waals surface area contributed by atoms with Crippen molar-refractivity contribution < 1.29 is 5.11 Å². The average molecular weight is 290 g/mol. The molecule has 0 saturated heterocycles. The van der Waals surface area contributed by atoms with E-state index in [1.807, 2.05) is 0 Å². The summed E-state index contributed by atoms with van der Waals surface area (Å²) in [5.41, 5.74) is 0.538. The van der Waals surface area contributed by atoms with Crippen LogP contribution in [0.3, 0.4) is 0 Å². The van der Waals surface area contributed by atoms with Crippen LogP contribution in [0.25, 0.3) is 0 Å². The minimum atomic E-state index is -0.600. The first-order valence-electron chi connectivity index (χ1n) is 6.57. The Labute approximate surface area is 119 Å². The summed E-state index contributed by atoms with van der Waals surface area (Å²) in [4.78, 5) is 4.13. The molecule has 0 radical (unpaired) electrons. The normalized spacial score (nSPS) is 14.5. The zero-order valence-corrected chi connectivity index (χ0v) is 12.5. The second kappa shape index (κ2) is 7.98. The Bertz CT molecular complexity index is 371. The van der Waals surface area contributed by atoms with Crippen LogP contribution in [-0.4, -0.2) is 10.1 Å². The Hall–Kier alpha value is -0.310. The first kappa shape index (κ1) is 15.7. The van der Waals surface area contributed by atoms with Crippen molar-refractivity contribution in [3.63, 3.8) is 0 Å². The summed E-state index contributed by atoms with van der Waals surface area (Å²) >= 11 is 11.8. The van der Waals surface area contributed by atoms with Gasteiger partial charge in [0.1, 0.15) is 0 Å². The standard InChI is InChI=1S/C14H21Cl2NO/c1-3-5-6-10(4-2)7-13(18)14-12(16)8-11(15)9-17-14/h8-10,13,18H,3-7H2,1-2H3. The van der Waals surface area contributed by atoms with Crippen LogP contribution in [0.5, 0.6) is 0 Å². The molecule has 0 saturated carbocycles. The molecule has 0 amide bonds. The molecule has 0 aliphatic carbocycles. The number of hydrogen-bond acceptors (Lipinski definition) is 2. The van der Waals surface area contributed by atoms with Crippen LogP contribution in [-0.2, 0) is 0 Å². The molecule has 18 heavy (non-hydrogen) atoms. The van der Waals surface area contributed by atoms with Gasteiger partial charge in [0.25, 0.3) is 0 Å². The van der Waals surface area contributed by atoms with E-state index >= 15 is 0 Å². The molecule has 1 aromatic heterocycles. The van der Waals surface area contributed by atoms with Crippen molar-refractivity contribution >= 4 is 23.2 Å². The van der Waals surface area contributed by atoms with Gasteiger partial charge in [0.15, 0.2) is 0 Å². The van der Waals surface area contributed by atoms with Crippen molar-refractivity contribution in [2.24, 2.45) is 5.92 Å². The quantitative estimate of drug-likeness (QED) is 0.764. The van der Waals surface area contributed by atoms with Gasteiger partial charge in [-0.15, -0.1) is 0 Å². The van der Waals surface area contributed by atoms with Crippen molar-refractivity contribution in [1.82, 2.24) is 4.98 Å². The Kier molecular flexibility index (Phi) is 6.98. The van der Waals surface area contributed by atoms with Gasteiger partial charge < -0.3 is 5.11 Å². The van der Waals surface area contributed by atoms with Gasteiger partial charge in [0.2, 0.25) is 0 Å². The Balaban J connectivity index is 2.65. The Morgan fingerprint density at radius 1 is 1.33 bits per heavy atom. The van der Waals surface area contributed by atoms with E-state index in [2.05, 4.69) is 18.8 Å². The Morgan fingerprint density at radius 2 is 2.06 bits per heavy atom. The number of aromatic nitrogens is 1. The number of halogens is 2. The number of hydrogen-bond donors (Lipinski definition) is 1. The number of rotatable bonds is 7. The first-order chi connectivity index (χ1) is 8.58. The molecule has 1 rings (SSSR count). The zero-order chi connectivity index (χ0) is 13.5. The van der Waals surface area contributed by atoms with Crippen molar-refractivity contribution in [1.29, 1.82) is 0 Å². The lowest BCUT2D eigenvalue weighted by Crippen LogP contribution is -2.09. The maximum Gasteiger partial charge on any atom is 0.0977 e. The summed E-state index contributed by atoms with van der Waals surface area (Å²) in [6, 6.07) is 1.63. The molecule has 0 aliphatic rings. The molecule has 1 N–H and O–H groups in total. The fraction of sp³-hybridized carbons (Fsp3) is 0.643. The molecule has 0 fully saturated rings. The minimum Gasteiger partial charge on any atom is -0.387 e. The van der Waals surface area contributed by atoms with Crippen molar-refractivity contribution in [3.8, 4) is 0 Å². The summed E-state index contributed by atoms with van der Waals surface area (Å²) in [5, 5.41) is 11.1. The van der Waals surface area contributed by atoms with Gasteiger partial charge in [-0.1, -0.05) is 62.7 Å². The van der Waals surface area contributed by atoms with Gasteiger partial charge in [-0.05, 0) is 18.4 Å². The van der Waals surface area contributed by atoms with E-state index in [-0.39, 0.29) is 0 Å². The van der Waals surface area contributed by atoms with Crippen LogP contribution < -0.4 is 0 Å². The van der Waals surface area contributed by atoms with Gasteiger partial charge >= 0.3 is 0 Å². The summed E-state index contributed by atoms with van der Waals surface area (Å²) in [5.74, 6) is 0.522. The molecule has 102 valence electrons. The number of pyridine rings is 1. The highest BCUT2D eigenvalue weighted by atomic mass is 35.5. The molecule has 1 aromatic rings. The number of nitrogens with zero attached hydrogens (tertiary/aromatic N) is 1. The molecule has 0 spiro atoms. The van der Waals surface area contributed by atoms with E-state index in [0.29, 0.717) is 28.1 Å². The predicted octanol–water partition coefficient (Wildman–Crippen LogP) is 5.03. The molecule has 4 heteroatoms. The molecular weight excluding hydrogens is 269 g/mol. The summed E-state index contributed by atoms with van der Waals surface area (Å²) in [6.45, 7) is 4.34. The van der Waals surface area contributed by atoms with E-state index in [1.165, 1.54) is 19.0 Å². The molecule has 2 unspecified atom stereocenters. The molecule has 0 aliphatic heterocycles. The average Bonchev–Trinajstić information content (AvgIpc) is 2.34. The highest BCUT2D eigenvalue weighted by molar-refractivity contribution is 6.34. The molecular formula is C14H21Cl2NO. The monoisotopic (exact) mass is 289 g/mol. The number of aliphatic hydroxyl groups is 1. The van der Waals surface area contributed by atoms with Crippen LogP contribution in [0.15, 0.2) is 12.3 Å². The summed E-state index contributed by atoms with van der Waals surface area (Å²) in [6.07, 6.45) is 6.25. The number of aliphatic hydroxyl groups excluding tert-OH is 1. The van der Waals surface area contributed by atoms with Gasteiger partial charge in [-0.25, -0.2) is 0 Å². The van der Waals surface area contributed by atoms with Crippen LogP contribution in [0.2, 0.25) is 10.0 Å². The molecule has 2 atom stereocenters. The number of unbranched alkanes of at least 4 members (excludes halogenated alkanes) is 1. The van der Waals surface area contributed by atoms with Crippen LogP contribution in [0.1, 0.15) is 57.7 Å². The summed E-state index contributed by atoms with van der Waals surface area (Å²) in [7, 11) is 0. The second-order valence-electron chi connectivity index (χ2n) is 4.69. The van der Waals surface area contributed by atoms with Gasteiger partial charge in [0, 0.05) is 6.20 Å². The van der Waals surface area contributed by atoms with Gasteiger partial charge in [0.05, 0.1) is 21.8 Å². The van der Waals surface area contributed by atoms with Crippen LogP contribution >= 0.6 is 23.2 Å². The summed E-state index contributed by atoms with van der Waals surface area (Å²) < 4.78 is 0. The van der Waals surface area contributed by atoms with Crippen molar-refractivity contribution in [2.75, 3.05) is 0 Å². The highest BCUT2D eigenvalue weighted by Crippen LogP contribution is 2.30. The van der Waals surface area contributed by atoms with Crippen molar-refractivity contribution in [3.05, 3.63) is 28.0 Å². The fourth-order valence-electron chi connectivity index (χ4n) is 2.08. The topological polar surface area (TPSA) is 33.1 Å². The maximum absolute atomic E-state index is 10.2. The molecule has 1 heterocycles. The van der Waals surface area contributed by atoms with Crippen LogP contribution in [0.4, 0.5) is 0 Å². The van der Waals surface area contributed by atoms with Crippen molar-refractivity contribution in [2.45, 2.75) is 52.1 Å². The first-order valence-corrected chi connectivity index (χ1v) is 7.33. The maximum atomic E-state index is 10.2. The molecule has 0 aromatic carbocycles. The fourth-order valence-corrected chi connectivity index (χ4v) is 2.59. The van der Waals surface area contributed by atoms with Crippen LogP contribution in [0, 0.1) is 5.92 Å². The second-order valence-corrected chi connectivity index (χ2v) is 5.53. The predicted molar refractivity (Wildman–Crippen MR) is 77.1 cm³/mol. The van der Waals surface area contributed by atoms with Gasteiger partial charge in [-0.3, -0.25) is 4.98 Å². The van der Waals surface area contributed by atoms with E-state index in [4.69, 9.17) is 23.2 Å². The largest absolute Gasteiger partial charge is 0.387 e.